The maximum absolute atomic E-state index is 11.7. The van der Waals surface area contributed by atoms with E-state index in [1.165, 1.54) is 6.08 Å². The highest BCUT2D eigenvalue weighted by Gasteiger charge is 2.17. The van der Waals surface area contributed by atoms with Crippen molar-refractivity contribution in [3.63, 3.8) is 0 Å². The number of hydrogen-bond acceptors (Lipinski definition) is 5. The molecule has 7 heteroatoms. The summed E-state index contributed by atoms with van der Waals surface area (Å²) in [6.07, 6.45) is 1.51. The molecule has 0 aliphatic heterocycles. The van der Waals surface area contributed by atoms with Crippen LogP contribution in [0.1, 0.15) is 21.1 Å². The Morgan fingerprint density at radius 3 is 3.05 bits per heavy atom. The van der Waals surface area contributed by atoms with E-state index in [9.17, 15) is 4.79 Å². The van der Waals surface area contributed by atoms with Gasteiger partial charge in [-0.1, -0.05) is 17.9 Å². The fraction of sp³-hybridized carbons (Fsp3) is 0.250. The summed E-state index contributed by atoms with van der Waals surface area (Å²) in [5, 5.41) is 7.85. The third-order valence-electron chi connectivity index (χ3n) is 2.44. The second-order valence-electron chi connectivity index (χ2n) is 3.77. The summed E-state index contributed by atoms with van der Waals surface area (Å²) < 4.78 is 7.69. The average molecular weight is 342 g/mol. The zero-order valence-electron chi connectivity index (χ0n) is 10.3. The lowest BCUT2D eigenvalue weighted by molar-refractivity contribution is 0.0542. The molecule has 2 rings (SSSR count). The van der Waals surface area contributed by atoms with Crippen LogP contribution in [0.4, 0.5) is 0 Å². The second kappa shape index (κ2) is 6.12. The first-order chi connectivity index (χ1) is 9.11. The monoisotopic (exact) mass is 341 g/mol. The number of thiophene rings is 1. The van der Waals surface area contributed by atoms with E-state index in [2.05, 4.69) is 32.8 Å². The molecular weight excluding hydrogens is 330 g/mol. The Morgan fingerprint density at radius 2 is 2.42 bits per heavy atom. The third-order valence-corrected chi connectivity index (χ3v) is 4.05. The number of aromatic nitrogens is 3. The molecule has 0 spiro atoms. The molecule has 5 nitrogen and oxygen atoms in total. The Kier molecular flexibility index (Phi) is 4.49. The van der Waals surface area contributed by atoms with Crippen molar-refractivity contribution in [2.24, 2.45) is 0 Å². The quantitative estimate of drug-likeness (QED) is 0.619. The number of nitrogens with zero attached hydrogens (tertiary/aromatic N) is 3. The van der Waals surface area contributed by atoms with Crippen LogP contribution < -0.4 is 0 Å². The molecular formula is C12H12BrN3O2S. The van der Waals surface area contributed by atoms with Gasteiger partial charge in [0, 0.05) is 4.88 Å². The number of esters is 1. The Balaban J connectivity index is 2.13. The Morgan fingerprint density at radius 1 is 1.63 bits per heavy atom. The van der Waals surface area contributed by atoms with Gasteiger partial charge in [0.1, 0.15) is 6.61 Å². The summed E-state index contributed by atoms with van der Waals surface area (Å²) in [7, 11) is 0. The van der Waals surface area contributed by atoms with Crippen LogP contribution in [-0.4, -0.2) is 27.6 Å². The van der Waals surface area contributed by atoms with Gasteiger partial charge in [-0.2, -0.15) is 0 Å². The fourth-order valence-corrected chi connectivity index (χ4v) is 2.95. The number of ether oxygens (including phenoxy) is 1. The minimum absolute atomic E-state index is 0.170. The number of halogens is 1. The molecule has 0 fully saturated rings. The van der Waals surface area contributed by atoms with E-state index in [1.54, 1.807) is 22.9 Å². The van der Waals surface area contributed by atoms with Gasteiger partial charge < -0.3 is 4.74 Å². The average Bonchev–Trinajstić information content (AvgIpc) is 2.95. The van der Waals surface area contributed by atoms with Crippen molar-refractivity contribution in [2.45, 2.75) is 13.5 Å². The molecule has 0 aromatic carbocycles. The molecule has 100 valence electrons. The van der Waals surface area contributed by atoms with Crippen LogP contribution in [0.5, 0.6) is 0 Å². The van der Waals surface area contributed by atoms with Crippen LogP contribution in [0.25, 0.3) is 0 Å². The predicted molar refractivity (Wildman–Crippen MR) is 76.4 cm³/mol. The smallest absolute Gasteiger partial charge is 0.361 e. The van der Waals surface area contributed by atoms with Crippen molar-refractivity contribution in [1.29, 1.82) is 0 Å². The normalized spacial score (nSPS) is 10.4. The van der Waals surface area contributed by atoms with E-state index >= 15 is 0 Å². The van der Waals surface area contributed by atoms with Crippen LogP contribution in [0.15, 0.2) is 28.6 Å². The first-order valence-corrected chi connectivity index (χ1v) is 7.15. The van der Waals surface area contributed by atoms with Crippen LogP contribution in [-0.2, 0) is 11.3 Å². The first kappa shape index (κ1) is 14.0. The van der Waals surface area contributed by atoms with Crippen molar-refractivity contribution in [3.8, 4) is 0 Å². The van der Waals surface area contributed by atoms with Crippen molar-refractivity contribution in [1.82, 2.24) is 15.0 Å². The van der Waals surface area contributed by atoms with E-state index in [1.807, 2.05) is 12.1 Å². The van der Waals surface area contributed by atoms with Crippen LogP contribution >= 0.6 is 27.3 Å². The SMILES string of the molecule is C=CCOC(=O)c1nnn(Cc2ccc(Br)s2)c1C. The second-order valence-corrected chi connectivity index (χ2v) is 6.32. The van der Waals surface area contributed by atoms with Gasteiger partial charge in [-0.25, -0.2) is 9.48 Å². The standard InChI is InChI=1S/C12H12BrN3O2S/c1-3-6-18-12(17)11-8(2)16(15-14-11)7-9-4-5-10(13)19-9/h3-5H,1,6-7H2,2H3. The van der Waals surface area contributed by atoms with Crippen LogP contribution in [0.2, 0.25) is 0 Å². The lowest BCUT2D eigenvalue weighted by Crippen LogP contribution is -2.08. The largest absolute Gasteiger partial charge is 0.457 e. The Labute approximate surface area is 123 Å². The van der Waals surface area contributed by atoms with Crippen LogP contribution in [0, 0.1) is 6.92 Å². The number of rotatable bonds is 5. The predicted octanol–water partition coefficient (Wildman–Crippen LogP) is 2.80. The summed E-state index contributed by atoms with van der Waals surface area (Å²) in [5.74, 6) is -0.476. The maximum Gasteiger partial charge on any atom is 0.361 e. The fourth-order valence-electron chi connectivity index (χ4n) is 1.49. The van der Waals surface area contributed by atoms with E-state index in [-0.39, 0.29) is 12.3 Å². The molecule has 0 unspecified atom stereocenters. The lowest BCUT2D eigenvalue weighted by Gasteiger charge is -2.02. The van der Waals surface area contributed by atoms with Crippen molar-refractivity contribution in [2.75, 3.05) is 6.61 Å². The number of carbonyl (C=O) groups is 1. The summed E-state index contributed by atoms with van der Waals surface area (Å²) in [6.45, 7) is 6.05. The minimum Gasteiger partial charge on any atom is -0.457 e. The summed E-state index contributed by atoms with van der Waals surface area (Å²) >= 11 is 5.03. The maximum atomic E-state index is 11.7. The number of carbonyl (C=O) groups excluding carboxylic acids is 1. The summed E-state index contributed by atoms with van der Waals surface area (Å²) in [4.78, 5) is 12.8. The molecule has 19 heavy (non-hydrogen) atoms. The number of hydrogen-bond donors (Lipinski definition) is 0. The van der Waals surface area contributed by atoms with Crippen LogP contribution in [0.3, 0.4) is 0 Å². The van der Waals surface area contributed by atoms with Gasteiger partial charge >= 0.3 is 5.97 Å². The third kappa shape index (κ3) is 3.30. The lowest BCUT2D eigenvalue weighted by atomic mass is 10.3. The molecule has 0 atom stereocenters. The molecule has 0 saturated carbocycles. The van der Waals surface area contributed by atoms with Crippen molar-refractivity contribution < 1.29 is 9.53 Å². The molecule has 0 aliphatic carbocycles. The van der Waals surface area contributed by atoms with Gasteiger partial charge in [-0.3, -0.25) is 0 Å². The minimum atomic E-state index is -0.476. The molecule has 0 N–H and O–H groups in total. The van der Waals surface area contributed by atoms with E-state index < -0.39 is 5.97 Å². The molecule has 0 aliphatic rings. The molecule has 2 aromatic rings. The molecule has 0 saturated heterocycles. The van der Waals surface area contributed by atoms with Gasteiger partial charge in [0.15, 0.2) is 5.69 Å². The van der Waals surface area contributed by atoms with E-state index in [4.69, 9.17) is 4.74 Å². The zero-order chi connectivity index (χ0) is 13.8. The van der Waals surface area contributed by atoms with Gasteiger partial charge in [-0.05, 0) is 35.0 Å². The van der Waals surface area contributed by atoms with Gasteiger partial charge in [0.05, 0.1) is 16.0 Å². The van der Waals surface area contributed by atoms with E-state index in [0.717, 1.165) is 8.66 Å². The Bertz CT molecular complexity index is 606. The highest BCUT2D eigenvalue weighted by Crippen LogP contribution is 2.23. The van der Waals surface area contributed by atoms with Gasteiger partial charge in [-0.15, -0.1) is 16.4 Å². The Hall–Kier alpha value is -1.47. The van der Waals surface area contributed by atoms with Gasteiger partial charge in [0.25, 0.3) is 0 Å². The summed E-state index contributed by atoms with van der Waals surface area (Å²) in [5.41, 5.74) is 0.941. The van der Waals surface area contributed by atoms with Crippen molar-refractivity contribution in [3.05, 3.63) is 44.8 Å². The van der Waals surface area contributed by atoms with E-state index in [0.29, 0.717) is 12.2 Å². The molecule has 2 aromatic heterocycles. The molecule has 0 amide bonds. The highest BCUT2D eigenvalue weighted by molar-refractivity contribution is 9.11. The summed E-state index contributed by atoms with van der Waals surface area (Å²) in [6, 6.07) is 3.98. The topological polar surface area (TPSA) is 57.0 Å². The molecule has 0 radical (unpaired) electrons. The molecule has 2 heterocycles. The highest BCUT2D eigenvalue weighted by atomic mass is 79.9. The van der Waals surface area contributed by atoms with Crippen molar-refractivity contribution >= 4 is 33.2 Å². The molecule has 0 bridgehead atoms. The zero-order valence-corrected chi connectivity index (χ0v) is 12.7. The first-order valence-electron chi connectivity index (χ1n) is 5.54. The van der Waals surface area contributed by atoms with Gasteiger partial charge in [0.2, 0.25) is 0 Å².